The summed E-state index contributed by atoms with van der Waals surface area (Å²) in [5.41, 5.74) is 0.694. The van der Waals surface area contributed by atoms with Gasteiger partial charge in [-0.2, -0.15) is 0 Å². The number of halogens is 2. The predicted octanol–water partition coefficient (Wildman–Crippen LogP) is 4.12. The molecule has 2 aromatic carbocycles. The SMILES string of the molecule is CC(CC(=O)O/N=C/c1ccc(Cl)cc1)S(=O)(=O)c1ccc(Cl)cc1. The standard InChI is InChI=1S/C17H15Cl2NO4S/c1-12(25(22,23)16-8-6-15(19)7-9-16)10-17(21)24-20-11-13-2-4-14(18)5-3-13/h2-9,11-12H,10H2,1H3/b20-11+. The number of benzene rings is 2. The molecular formula is C17H15Cl2NO4S. The number of sulfone groups is 1. The number of nitrogens with zero attached hydrogens (tertiary/aromatic N) is 1. The fourth-order valence-corrected chi connectivity index (χ4v) is 3.52. The molecule has 0 fully saturated rings. The maximum Gasteiger partial charge on any atom is 0.336 e. The molecule has 2 rings (SSSR count). The van der Waals surface area contributed by atoms with Gasteiger partial charge >= 0.3 is 5.97 Å². The van der Waals surface area contributed by atoms with Crippen molar-refractivity contribution in [2.75, 3.05) is 0 Å². The van der Waals surface area contributed by atoms with Gasteiger partial charge in [0.15, 0.2) is 9.84 Å². The Morgan fingerprint density at radius 2 is 1.60 bits per heavy atom. The van der Waals surface area contributed by atoms with Crippen molar-refractivity contribution in [3.05, 3.63) is 64.1 Å². The maximum atomic E-state index is 12.4. The van der Waals surface area contributed by atoms with Gasteiger partial charge in [-0.05, 0) is 48.9 Å². The van der Waals surface area contributed by atoms with Gasteiger partial charge in [-0.15, -0.1) is 0 Å². The lowest BCUT2D eigenvalue weighted by Gasteiger charge is -2.11. The van der Waals surface area contributed by atoms with Gasteiger partial charge in [-0.1, -0.05) is 40.5 Å². The van der Waals surface area contributed by atoms with Gasteiger partial charge in [0.05, 0.1) is 22.8 Å². The van der Waals surface area contributed by atoms with E-state index in [1.807, 2.05) is 0 Å². The van der Waals surface area contributed by atoms with Gasteiger partial charge in [-0.25, -0.2) is 13.2 Å². The maximum absolute atomic E-state index is 12.4. The van der Waals surface area contributed by atoms with Crippen molar-refractivity contribution in [2.24, 2.45) is 5.16 Å². The van der Waals surface area contributed by atoms with E-state index in [0.29, 0.717) is 15.6 Å². The summed E-state index contributed by atoms with van der Waals surface area (Å²) in [6.07, 6.45) is 1.02. The molecule has 132 valence electrons. The van der Waals surface area contributed by atoms with E-state index in [0.717, 1.165) is 0 Å². The van der Waals surface area contributed by atoms with Crippen molar-refractivity contribution in [3.8, 4) is 0 Å². The summed E-state index contributed by atoms with van der Waals surface area (Å²) in [6.45, 7) is 1.44. The Balaban J connectivity index is 1.95. The van der Waals surface area contributed by atoms with Crippen LogP contribution in [0.2, 0.25) is 10.0 Å². The van der Waals surface area contributed by atoms with Gasteiger partial charge in [0.25, 0.3) is 0 Å². The molecule has 0 radical (unpaired) electrons. The molecule has 5 nitrogen and oxygen atoms in total. The summed E-state index contributed by atoms with van der Waals surface area (Å²) in [6, 6.07) is 12.5. The highest BCUT2D eigenvalue weighted by Gasteiger charge is 2.26. The molecule has 0 N–H and O–H groups in total. The second kappa shape index (κ2) is 8.47. The van der Waals surface area contributed by atoms with Crippen LogP contribution in [-0.4, -0.2) is 25.9 Å². The van der Waals surface area contributed by atoms with Crippen LogP contribution in [-0.2, 0) is 19.5 Å². The summed E-state index contributed by atoms with van der Waals surface area (Å²) >= 11 is 11.5. The zero-order valence-electron chi connectivity index (χ0n) is 13.2. The molecule has 0 heterocycles. The topological polar surface area (TPSA) is 72.8 Å². The minimum Gasteiger partial charge on any atom is -0.318 e. The highest BCUT2D eigenvalue weighted by atomic mass is 35.5. The van der Waals surface area contributed by atoms with Crippen LogP contribution in [0.15, 0.2) is 58.6 Å². The lowest BCUT2D eigenvalue weighted by Crippen LogP contribution is -2.22. The molecule has 0 aliphatic rings. The van der Waals surface area contributed by atoms with Crippen molar-refractivity contribution in [3.63, 3.8) is 0 Å². The molecule has 2 aromatic rings. The summed E-state index contributed by atoms with van der Waals surface area (Å²) < 4.78 is 24.8. The molecular weight excluding hydrogens is 385 g/mol. The molecule has 0 bridgehead atoms. The predicted molar refractivity (Wildman–Crippen MR) is 97.9 cm³/mol. The van der Waals surface area contributed by atoms with E-state index < -0.39 is 21.1 Å². The van der Waals surface area contributed by atoms with Crippen LogP contribution in [0.3, 0.4) is 0 Å². The summed E-state index contributed by atoms with van der Waals surface area (Å²) in [5.74, 6) is -0.741. The van der Waals surface area contributed by atoms with Crippen LogP contribution in [0.25, 0.3) is 0 Å². The van der Waals surface area contributed by atoms with E-state index in [-0.39, 0.29) is 11.3 Å². The Bertz CT molecular complexity index is 863. The van der Waals surface area contributed by atoms with E-state index in [9.17, 15) is 13.2 Å². The first-order valence-corrected chi connectivity index (χ1v) is 9.57. The third-order valence-corrected chi connectivity index (χ3v) is 6.01. The highest BCUT2D eigenvalue weighted by Crippen LogP contribution is 2.20. The lowest BCUT2D eigenvalue weighted by molar-refractivity contribution is -0.143. The molecule has 1 unspecified atom stereocenters. The van der Waals surface area contributed by atoms with Crippen LogP contribution in [0.1, 0.15) is 18.9 Å². The third-order valence-electron chi connectivity index (χ3n) is 3.35. The zero-order chi connectivity index (χ0) is 18.4. The van der Waals surface area contributed by atoms with E-state index in [1.54, 1.807) is 24.3 Å². The average molecular weight is 400 g/mol. The second-order valence-electron chi connectivity index (χ2n) is 5.26. The van der Waals surface area contributed by atoms with E-state index in [1.165, 1.54) is 37.4 Å². The normalized spacial score (nSPS) is 12.9. The quantitative estimate of drug-likeness (QED) is 0.415. The molecule has 0 saturated heterocycles. The molecule has 0 aliphatic heterocycles. The molecule has 0 amide bonds. The first kappa shape index (κ1) is 19.4. The Hall–Kier alpha value is -1.89. The zero-order valence-corrected chi connectivity index (χ0v) is 15.6. The molecule has 8 heteroatoms. The average Bonchev–Trinajstić information content (AvgIpc) is 2.57. The van der Waals surface area contributed by atoms with Crippen molar-refractivity contribution < 1.29 is 18.0 Å². The van der Waals surface area contributed by atoms with Gasteiger partial charge in [0.2, 0.25) is 0 Å². The second-order valence-corrected chi connectivity index (χ2v) is 8.50. The number of rotatable bonds is 6. The Morgan fingerprint density at radius 3 is 2.16 bits per heavy atom. The first-order chi connectivity index (χ1) is 11.8. The van der Waals surface area contributed by atoms with E-state index in [2.05, 4.69) is 5.16 Å². The van der Waals surface area contributed by atoms with Crippen molar-refractivity contribution in [2.45, 2.75) is 23.5 Å². The molecule has 25 heavy (non-hydrogen) atoms. The van der Waals surface area contributed by atoms with Gasteiger partial charge < -0.3 is 4.84 Å². The summed E-state index contributed by atoms with van der Waals surface area (Å²) in [4.78, 5) is 16.6. The van der Waals surface area contributed by atoms with Crippen LogP contribution in [0.5, 0.6) is 0 Å². The number of oxime groups is 1. The van der Waals surface area contributed by atoms with Crippen molar-refractivity contribution in [1.29, 1.82) is 0 Å². The Labute approximate surface area is 156 Å². The summed E-state index contributed by atoms with van der Waals surface area (Å²) in [5, 5.41) is 3.62. The molecule has 0 aromatic heterocycles. The highest BCUT2D eigenvalue weighted by molar-refractivity contribution is 7.92. The molecule has 1 atom stereocenters. The first-order valence-electron chi connectivity index (χ1n) is 7.27. The smallest absolute Gasteiger partial charge is 0.318 e. The minimum absolute atomic E-state index is 0.0989. The lowest BCUT2D eigenvalue weighted by atomic mass is 10.2. The Kier molecular flexibility index (Phi) is 6.58. The largest absolute Gasteiger partial charge is 0.336 e. The fraction of sp³-hybridized carbons (Fsp3) is 0.176. The fourth-order valence-electron chi connectivity index (χ4n) is 1.93. The van der Waals surface area contributed by atoms with Gasteiger partial charge in [-0.3, -0.25) is 0 Å². The Morgan fingerprint density at radius 1 is 1.08 bits per heavy atom. The minimum atomic E-state index is -3.66. The summed E-state index contributed by atoms with van der Waals surface area (Å²) in [7, 11) is -3.66. The number of hydrogen-bond donors (Lipinski definition) is 0. The van der Waals surface area contributed by atoms with Crippen LogP contribution < -0.4 is 0 Å². The van der Waals surface area contributed by atoms with Gasteiger partial charge in [0, 0.05) is 10.0 Å². The number of carbonyl (C=O) groups excluding carboxylic acids is 1. The number of hydrogen-bond acceptors (Lipinski definition) is 5. The molecule has 0 saturated carbocycles. The van der Waals surface area contributed by atoms with E-state index >= 15 is 0 Å². The van der Waals surface area contributed by atoms with Crippen LogP contribution >= 0.6 is 23.2 Å². The van der Waals surface area contributed by atoms with Crippen molar-refractivity contribution >= 4 is 45.2 Å². The molecule has 0 aliphatic carbocycles. The number of carbonyl (C=O) groups is 1. The van der Waals surface area contributed by atoms with E-state index in [4.69, 9.17) is 28.0 Å². The van der Waals surface area contributed by atoms with Crippen LogP contribution in [0, 0.1) is 0 Å². The third kappa shape index (κ3) is 5.56. The monoisotopic (exact) mass is 399 g/mol. The van der Waals surface area contributed by atoms with Crippen molar-refractivity contribution in [1.82, 2.24) is 0 Å². The van der Waals surface area contributed by atoms with Gasteiger partial charge in [0.1, 0.15) is 0 Å². The molecule has 0 spiro atoms. The van der Waals surface area contributed by atoms with Crippen LogP contribution in [0.4, 0.5) is 0 Å².